The maximum absolute atomic E-state index is 10.9. The molecule has 0 spiro atoms. The highest BCUT2D eigenvalue weighted by molar-refractivity contribution is 6.31. The van der Waals surface area contributed by atoms with Crippen LogP contribution in [0, 0.1) is 12.8 Å². The van der Waals surface area contributed by atoms with Gasteiger partial charge in [-0.05, 0) is 31.5 Å². The number of halogens is 1. The van der Waals surface area contributed by atoms with Crippen molar-refractivity contribution in [3.63, 3.8) is 0 Å². The van der Waals surface area contributed by atoms with Gasteiger partial charge in [-0.2, -0.15) is 0 Å². The second kappa shape index (κ2) is 5.92. The van der Waals surface area contributed by atoms with Gasteiger partial charge in [0, 0.05) is 23.8 Å². The number of anilines is 1. The second-order valence-electron chi connectivity index (χ2n) is 4.21. The minimum atomic E-state index is -0.776. The predicted molar refractivity (Wildman–Crippen MR) is 70.9 cm³/mol. The smallest absolute Gasteiger partial charge is 0.308 e. The molecule has 0 fully saturated rings. The Bertz CT molecular complexity index is 406. The number of benzene rings is 1. The van der Waals surface area contributed by atoms with Crippen molar-refractivity contribution in [3.05, 3.63) is 28.8 Å². The second-order valence-corrected chi connectivity index (χ2v) is 4.62. The normalized spacial score (nSPS) is 12.2. The summed E-state index contributed by atoms with van der Waals surface area (Å²) in [5.74, 6) is -1.17. The zero-order valence-electron chi connectivity index (χ0n) is 10.4. The van der Waals surface area contributed by atoms with Gasteiger partial charge in [0.15, 0.2) is 0 Å². The van der Waals surface area contributed by atoms with Crippen molar-refractivity contribution >= 4 is 23.3 Å². The number of carboxylic acid groups (broad SMARTS) is 1. The molecule has 4 heteroatoms. The summed E-state index contributed by atoms with van der Waals surface area (Å²) in [5, 5.41) is 9.63. The van der Waals surface area contributed by atoms with E-state index in [1.54, 1.807) is 6.92 Å². The molecule has 1 unspecified atom stereocenters. The molecule has 0 aromatic heterocycles. The molecule has 0 saturated carbocycles. The third-order valence-corrected chi connectivity index (χ3v) is 3.23. The van der Waals surface area contributed by atoms with E-state index in [4.69, 9.17) is 16.7 Å². The van der Waals surface area contributed by atoms with Crippen molar-refractivity contribution in [1.82, 2.24) is 0 Å². The molecule has 1 atom stereocenters. The van der Waals surface area contributed by atoms with Crippen LogP contribution in [0.1, 0.15) is 19.4 Å². The topological polar surface area (TPSA) is 40.5 Å². The third kappa shape index (κ3) is 3.63. The number of hydrogen-bond acceptors (Lipinski definition) is 2. The number of rotatable bonds is 5. The molecule has 1 aromatic rings. The molecule has 0 heterocycles. The van der Waals surface area contributed by atoms with Gasteiger partial charge in [0.05, 0.1) is 5.92 Å². The Hall–Kier alpha value is -1.22. The first-order valence-electron chi connectivity index (χ1n) is 5.69. The summed E-state index contributed by atoms with van der Waals surface area (Å²) in [5.41, 5.74) is 1.99. The first kappa shape index (κ1) is 13.8. The van der Waals surface area contributed by atoms with Crippen LogP contribution in [-0.4, -0.2) is 24.2 Å². The van der Waals surface area contributed by atoms with E-state index in [2.05, 4.69) is 0 Å². The molecule has 0 bridgehead atoms. The minimum Gasteiger partial charge on any atom is -0.481 e. The summed E-state index contributed by atoms with van der Waals surface area (Å²) in [6.45, 7) is 6.91. The van der Waals surface area contributed by atoms with Gasteiger partial charge in [-0.3, -0.25) is 4.79 Å². The molecule has 0 aliphatic heterocycles. The molecule has 0 aliphatic carbocycles. The number of aryl methyl sites for hydroxylation is 1. The zero-order valence-corrected chi connectivity index (χ0v) is 11.2. The van der Waals surface area contributed by atoms with E-state index in [1.165, 1.54) is 0 Å². The number of aliphatic carboxylic acids is 1. The average molecular weight is 256 g/mol. The number of carboxylic acids is 1. The number of carbonyl (C=O) groups is 1. The van der Waals surface area contributed by atoms with Crippen molar-refractivity contribution < 1.29 is 9.90 Å². The Morgan fingerprint density at radius 3 is 2.65 bits per heavy atom. The predicted octanol–water partition coefficient (Wildman–Crippen LogP) is 3.20. The van der Waals surface area contributed by atoms with Crippen molar-refractivity contribution in [2.24, 2.45) is 5.92 Å². The molecule has 0 saturated heterocycles. The fraction of sp³-hybridized carbons (Fsp3) is 0.462. The van der Waals surface area contributed by atoms with Crippen molar-refractivity contribution in [1.29, 1.82) is 0 Å². The molecular weight excluding hydrogens is 238 g/mol. The average Bonchev–Trinajstić information content (AvgIpc) is 2.29. The summed E-state index contributed by atoms with van der Waals surface area (Å²) >= 11 is 6.07. The molecule has 0 amide bonds. The van der Waals surface area contributed by atoms with Crippen LogP contribution in [0.4, 0.5) is 5.69 Å². The van der Waals surface area contributed by atoms with Crippen LogP contribution in [0.25, 0.3) is 0 Å². The highest BCUT2D eigenvalue weighted by Crippen LogP contribution is 2.23. The Labute approximate surface area is 107 Å². The SMILES string of the molecule is CCN(CC(C)C(=O)O)c1ccc(C)c(Cl)c1. The summed E-state index contributed by atoms with van der Waals surface area (Å²) in [4.78, 5) is 12.9. The van der Waals surface area contributed by atoms with E-state index in [-0.39, 0.29) is 0 Å². The van der Waals surface area contributed by atoms with Gasteiger partial charge in [-0.1, -0.05) is 24.6 Å². The molecule has 3 nitrogen and oxygen atoms in total. The van der Waals surface area contributed by atoms with Gasteiger partial charge >= 0.3 is 5.97 Å². The third-order valence-electron chi connectivity index (χ3n) is 2.82. The van der Waals surface area contributed by atoms with Gasteiger partial charge in [-0.15, -0.1) is 0 Å². The lowest BCUT2D eigenvalue weighted by Crippen LogP contribution is -2.31. The fourth-order valence-corrected chi connectivity index (χ4v) is 1.78. The van der Waals surface area contributed by atoms with Crippen LogP contribution < -0.4 is 4.90 Å². The summed E-state index contributed by atoms with van der Waals surface area (Å²) in [7, 11) is 0. The summed E-state index contributed by atoms with van der Waals surface area (Å²) < 4.78 is 0. The van der Waals surface area contributed by atoms with Gasteiger partial charge in [-0.25, -0.2) is 0 Å². The molecule has 1 rings (SSSR count). The lowest BCUT2D eigenvalue weighted by Gasteiger charge is -2.25. The highest BCUT2D eigenvalue weighted by atomic mass is 35.5. The van der Waals surface area contributed by atoms with Crippen LogP contribution in [0.3, 0.4) is 0 Å². The lowest BCUT2D eigenvalue weighted by molar-refractivity contribution is -0.140. The van der Waals surface area contributed by atoms with E-state index in [0.717, 1.165) is 17.8 Å². The maximum atomic E-state index is 10.9. The number of hydrogen-bond donors (Lipinski definition) is 1. The van der Waals surface area contributed by atoms with Gasteiger partial charge in [0.2, 0.25) is 0 Å². The van der Waals surface area contributed by atoms with Crippen LogP contribution in [0.5, 0.6) is 0 Å². The van der Waals surface area contributed by atoms with Crippen molar-refractivity contribution in [2.75, 3.05) is 18.0 Å². The van der Waals surface area contributed by atoms with Gasteiger partial charge in [0.1, 0.15) is 0 Å². The van der Waals surface area contributed by atoms with E-state index in [9.17, 15) is 4.79 Å². The van der Waals surface area contributed by atoms with E-state index < -0.39 is 11.9 Å². The Balaban J connectivity index is 2.86. The monoisotopic (exact) mass is 255 g/mol. The molecule has 17 heavy (non-hydrogen) atoms. The van der Waals surface area contributed by atoms with Gasteiger partial charge < -0.3 is 10.0 Å². The maximum Gasteiger partial charge on any atom is 0.308 e. The van der Waals surface area contributed by atoms with Crippen molar-refractivity contribution in [2.45, 2.75) is 20.8 Å². The highest BCUT2D eigenvalue weighted by Gasteiger charge is 2.15. The largest absolute Gasteiger partial charge is 0.481 e. The summed E-state index contributed by atoms with van der Waals surface area (Å²) in [6.07, 6.45) is 0. The molecule has 0 radical (unpaired) electrons. The molecule has 1 aromatic carbocycles. The molecule has 94 valence electrons. The lowest BCUT2D eigenvalue weighted by atomic mass is 10.1. The van der Waals surface area contributed by atoms with E-state index in [0.29, 0.717) is 11.6 Å². The molecular formula is C13H18ClNO2. The first-order chi connectivity index (χ1) is 7.95. The first-order valence-corrected chi connectivity index (χ1v) is 6.07. The number of nitrogens with zero attached hydrogens (tertiary/aromatic N) is 1. The Morgan fingerprint density at radius 2 is 2.18 bits per heavy atom. The van der Waals surface area contributed by atoms with Crippen LogP contribution in [0.2, 0.25) is 5.02 Å². The van der Waals surface area contributed by atoms with E-state index in [1.807, 2.05) is 36.9 Å². The van der Waals surface area contributed by atoms with Crippen molar-refractivity contribution in [3.8, 4) is 0 Å². The summed E-state index contributed by atoms with van der Waals surface area (Å²) in [6, 6.07) is 5.81. The zero-order chi connectivity index (χ0) is 13.0. The fourth-order valence-electron chi connectivity index (χ4n) is 1.60. The van der Waals surface area contributed by atoms with Crippen LogP contribution in [0.15, 0.2) is 18.2 Å². The van der Waals surface area contributed by atoms with Crippen LogP contribution >= 0.6 is 11.6 Å². The quantitative estimate of drug-likeness (QED) is 0.878. The molecule has 0 aliphatic rings. The standard InChI is InChI=1S/C13H18ClNO2/c1-4-15(8-10(3)13(16)17)11-6-5-9(2)12(14)7-11/h5-7,10H,4,8H2,1-3H3,(H,16,17). The van der Waals surface area contributed by atoms with E-state index >= 15 is 0 Å². The Kier molecular flexibility index (Phi) is 4.82. The van der Waals surface area contributed by atoms with Crippen LogP contribution in [-0.2, 0) is 4.79 Å². The minimum absolute atomic E-state index is 0.393. The van der Waals surface area contributed by atoms with Gasteiger partial charge in [0.25, 0.3) is 0 Å². The Morgan fingerprint density at radius 1 is 1.53 bits per heavy atom. The molecule has 1 N–H and O–H groups in total.